The molecule has 0 bridgehead atoms. The van der Waals surface area contributed by atoms with E-state index >= 15 is 0 Å². The van der Waals surface area contributed by atoms with Crippen LogP contribution in [0.2, 0.25) is 0 Å². The molecule has 1 aromatic carbocycles. The number of nitrogens with zero attached hydrogens (tertiary/aromatic N) is 6. The summed E-state index contributed by atoms with van der Waals surface area (Å²) in [6.07, 6.45) is 1.65. The van der Waals surface area contributed by atoms with Crippen LogP contribution in [-0.4, -0.2) is 31.1 Å². The van der Waals surface area contributed by atoms with Gasteiger partial charge in [0.2, 0.25) is 0 Å². The lowest BCUT2D eigenvalue weighted by atomic mass is 10.1. The average molecular weight is 336 g/mol. The monoisotopic (exact) mass is 336 g/mol. The molecule has 7 heteroatoms. The second-order valence-electron chi connectivity index (χ2n) is 6.64. The Labute approximate surface area is 146 Å². The van der Waals surface area contributed by atoms with Crippen LogP contribution in [0.3, 0.4) is 0 Å². The van der Waals surface area contributed by atoms with Gasteiger partial charge in [-0.25, -0.2) is 4.98 Å². The van der Waals surface area contributed by atoms with Crippen molar-refractivity contribution in [2.75, 3.05) is 4.90 Å². The van der Waals surface area contributed by atoms with Gasteiger partial charge >= 0.3 is 5.91 Å². The quantitative estimate of drug-likeness (QED) is 0.732. The zero-order chi connectivity index (χ0) is 17.9. The highest BCUT2D eigenvalue weighted by atomic mass is 16.2. The molecule has 25 heavy (non-hydrogen) atoms. The van der Waals surface area contributed by atoms with Crippen molar-refractivity contribution < 1.29 is 4.79 Å². The lowest BCUT2D eigenvalue weighted by molar-refractivity contribution is 0.0973. The first-order valence-electron chi connectivity index (χ1n) is 8.02. The lowest BCUT2D eigenvalue weighted by Crippen LogP contribution is -2.32. The highest BCUT2D eigenvalue weighted by Gasteiger charge is 2.26. The molecule has 0 atom stereocenters. The van der Waals surface area contributed by atoms with E-state index in [-0.39, 0.29) is 17.3 Å². The Hall–Kier alpha value is -3.09. The fraction of sp³-hybridized carbons (Fsp3) is 0.278. The van der Waals surface area contributed by atoms with Crippen molar-refractivity contribution in [3.05, 3.63) is 66.1 Å². The van der Waals surface area contributed by atoms with Gasteiger partial charge in [0, 0.05) is 6.20 Å². The van der Waals surface area contributed by atoms with Gasteiger partial charge in [-0.2, -0.15) is 4.80 Å². The van der Waals surface area contributed by atoms with Crippen LogP contribution in [0.1, 0.15) is 37.0 Å². The van der Waals surface area contributed by atoms with Crippen LogP contribution in [0.4, 0.5) is 5.82 Å². The highest BCUT2D eigenvalue weighted by Crippen LogP contribution is 2.17. The summed E-state index contributed by atoms with van der Waals surface area (Å²) in [4.78, 5) is 20.3. The van der Waals surface area contributed by atoms with Crippen LogP contribution in [-0.2, 0) is 12.1 Å². The Balaban J connectivity index is 1.94. The standard InChI is InChI=1S/C18H20N6O/c1-18(2,3)24-21-16(20-22-24)17(25)23(15-11-7-8-12-19-15)13-14-9-5-4-6-10-14/h4-12H,13H2,1-3H3. The predicted octanol–water partition coefficient (Wildman–Crippen LogP) is 2.67. The molecule has 0 radical (unpaired) electrons. The summed E-state index contributed by atoms with van der Waals surface area (Å²) in [5.74, 6) is 0.262. The minimum absolute atomic E-state index is 0.0523. The van der Waals surface area contributed by atoms with Gasteiger partial charge in [-0.3, -0.25) is 9.69 Å². The van der Waals surface area contributed by atoms with Crippen molar-refractivity contribution in [2.24, 2.45) is 0 Å². The number of rotatable bonds is 4. The molecule has 3 rings (SSSR count). The number of anilines is 1. The second kappa shape index (κ2) is 6.80. The van der Waals surface area contributed by atoms with Crippen LogP contribution < -0.4 is 4.90 Å². The number of pyridine rings is 1. The topological polar surface area (TPSA) is 76.8 Å². The van der Waals surface area contributed by atoms with E-state index in [2.05, 4.69) is 20.4 Å². The summed E-state index contributed by atoms with van der Waals surface area (Å²) in [6.45, 7) is 6.22. The minimum Gasteiger partial charge on any atom is -0.285 e. The van der Waals surface area contributed by atoms with E-state index in [0.717, 1.165) is 5.56 Å². The molecule has 0 unspecified atom stereocenters. The normalized spacial score (nSPS) is 11.3. The third kappa shape index (κ3) is 3.88. The molecule has 0 saturated carbocycles. The number of amides is 1. The zero-order valence-electron chi connectivity index (χ0n) is 14.5. The number of carbonyl (C=O) groups excluding carboxylic acids is 1. The minimum atomic E-state index is -0.346. The van der Waals surface area contributed by atoms with Crippen LogP contribution in [0.15, 0.2) is 54.7 Å². The molecular formula is C18H20N6O. The van der Waals surface area contributed by atoms with Crippen LogP contribution in [0, 0.1) is 0 Å². The highest BCUT2D eigenvalue weighted by molar-refractivity contribution is 6.02. The summed E-state index contributed by atoms with van der Waals surface area (Å²) in [5.41, 5.74) is 0.644. The van der Waals surface area contributed by atoms with Gasteiger partial charge in [-0.1, -0.05) is 36.4 Å². The van der Waals surface area contributed by atoms with Crippen molar-refractivity contribution >= 4 is 11.7 Å². The Morgan fingerprint density at radius 1 is 1.08 bits per heavy atom. The van der Waals surface area contributed by atoms with Gasteiger partial charge in [0.05, 0.1) is 12.1 Å². The van der Waals surface area contributed by atoms with Crippen molar-refractivity contribution in [3.8, 4) is 0 Å². The fourth-order valence-electron chi connectivity index (χ4n) is 2.24. The van der Waals surface area contributed by atoms with E-state index in [4.69, 9.17) is 0 Å². The van der Waals surface area contributed by atoms with Gasteiger partial charge in [-0.05, 0) is 43.7 Å². The SMILES string of the molecule is CC(C)(C)n1nnc(C(=O)N(Cc2ccccc2)c2ccccn2)n1. The molecule has 0 aliphatic carbocycles. The number of hydrogen-bond acceptors (Lipinski definition) is 5. The molecule has 0 aliphatic heterocycles. The zero-order valence-corrected chi connectivity index (χ0v) is 14.5. The van der Waals surface area contributed by atoms with Crippen molar-refractivity contribution in [2.45, 2.75) is 32.9 Å². The fourth-order valence-corrected chi connectivity index (χ4v) is 2.24. The Morgan fingerprint density at radius 3 is 2.40 bits per heavy atom. The number of aromatic nitrogens is 5. The second-order valence-corrected chi connectivity index (χ2v) is 6.64. The van der Waals surface area contributed by atoms with Gasteiger partial charge in [0.1, 0.15) is 5.82 Å². The van der Waals surface area contributed by atoms with E-state index in [1.54, 1.807) is 17.2 Å². The summed E-state index contributed by atoms with van der Waals surface area (Å²) >= 11 is 0. The maximum atomic E-state index is 13.0. The predicted molar refractivity (Wildman–Crippen MR) is 94.0 cm³/mol. The Bertz CT molecular complexity index is 839. The molecule has 0 aliphatic rings. The molecular weight excluding hydrogens is 316 g/mol. The number of tetrazole rings is 1. The maximum absolute atomic E-state index is 13.0. The Morgan fingerprint density at radius 2 is 1.80 bits per heavy atom. The van der Waals surface area contributed by atoms with Crippen molar-refractivity contribution in [3.63, 3.8) is 0 Å². The molecule has 128 valence electrons. The molecule has 0 saturated heterocycles. The molecule has 1 amide bonds. The number of carbonyl (C=O) groups is 1. The maximum Gasteiger partial charge on any atom is 0.301 e. The van der Waals surface area contributed by atoms with Gasteiger partial charge < -0.3 is 0 Å². The first kappa shape index (κ1) is 16.8. The summed E-state index contributed by atoms with van der Waals surface area (Å²) in [5, 5.41) is 12.2. The first-order valence-corrected chi connectivity index (χ1v) is 8.02. The van der Waals surface area contributed by atoms with Gasteiger partial charge in [0.15, 0.2) is 0 Å². The molecule has 0 fully saturated rings. The molecule has 0 N–H and O–H groups in total. The summed E-state index contributed by atoms with van der Waals surface area (Å²) in [7, 11) is 0. The third-order valence-electron chi connectivity index (χ3n) is 3.56. The molecule has 2 heterocycles. The van der Waals surface area contributed by atoms with Crippen LogP contribution in [0.5, 0.6) is 0 Å². The van der Waals surface area contributed by atoms with E-state index in [0.29, 0.717) is 12.4 Å². The average Bonchev–Trinajstić information content (AvgIpc) is 3.11. The molecule has 3 aromatic rings. The van der Waals surface area contributed by atoms with Gasteiger partial charge in [0.25, 0.3) is 5.82 Å². The smallest absolute Gasteiger partial charge is 0.285 e. The van der Waals surface area contributed by atoms with Crippen molar-refractivity contribution in [1.29, 1.82) is 0 Å². The third-order valence-corrected chi connectivity index (χ3v) is 3.56. The van der Waals surface area contributed by atoms with E-state index in [1.807, 2.05) is 63.2 Å². The van der Waals surface area contributed by atoms with E-state index < -0.39 is 0 Å². The summed E-state index contributed by atoms with van der Waals surface area (Å²) in [6, 6.07) is 15.2. The molecule has 7 nitrogen and oxygen atoms in total. The largest absolute Gasteiger partial charge is 0.301 e. The van der Waals surface area contributed by atoms with E-state index in [1.165, 1.54) is 4.80 Å². The van der Waals surface area contributed by atoms with Gasteiger partial charge in [-0.15, -0.1) is 10.2 Å². The number of hydrogen-bond donors (Lipinski definition) is 0. The van der Waals surface area contributed by atoms with E-state index in [9.17, 15) is 4.79 Å². The van der Waals surface area contributed by atoms with Crippen molar-refractivity contribution in [1.82, 2.24) is 25.2 Å². The Kier molecular flexibility index (Phi) is 4.56. The lowest BCUT2D eigenvalue weighted by Gasteiger charge is -2.20. The first-order chi connectivity index (χ1) is 11.9. The summed E-state index contributed by atoms with van der Waals surface area (Å²) < 4.78 is 0. The number of benzene rings is 1. The molecule has 2 aromatic heterocycles. The van der Waals surface area contributed by atoms with Crippen LogP contribution in [0.25, 0.3) is 0 Å². The molecule has 0 spiro atoms. The van der Waals surface area contributed by atoms with Crippen LogP contribution >= 0.6 is 0 Å².